The van der Waals surface area contributed by atoms with Crippen molar-refractivity contribution in [1.82, 2.24) is 19.6 Å². The van der Waals surface area contributed by atoms with Gasteiger partial charge in [-0.2, -0.15) is 5.10 Å². The zero-order valence-electron chi connectivity index (χ0n) is 23.1. The van der Waals surface area contributed by atoms with E-state index >= 15 is 0 Å². The molecule has 1 fully saturated rings. The van der Waals surface area contributed by atoms with Crippen LogP contribution in [-0.2, 0) is 18.4 Å². The zero-order valence-corrected chi connectivity index (χ0v) is 23.1. The molecular weight excluding hydrogens is 497 g/mol. The second-order valence-corrected chi connectivity index (χ2v) is 10.6. The maximum absolute atomic E-state index is 13.7. The molecule has 0 N–H and O–H groups in total. The van der Waals surface area contributed by atoms with E-state index in [4.69, 9.17) is 0 Å². The molecule has 2 aliphatic heterocycles. The number of rotatable bonds is 6. The van der Waals surface area contributed by atoms with E-state index in [1.807, 2.05) is 45.6 Å². The largest absolute Gasteiger partial charge is 0.370 e. The van der Waals surface area contributed by atoms with E-state index in [9.17, 15) is 18.8 Å². The van der Waals surface area contributed by atoms with Crippen LogP contribution in [0.3, 0.4) is 0 Å². The highest BCUT2D eigenvalue weighted by molar-refractivity contribution is 6.23. The minimum absolute atomic E-state index is 0.000513. The summed E-state index contributed by atoms with van der Waals surface area (Å²) in [5.74, 6) is -1.38. The van der Waals surface area contributed by atoms with Crippen molar-refractivity contribution >= 4 is 23.4 Å². The predicted octanol–water partition coefficient (Wildman–Crippen LogP) is 4.41. The standard InChI is InChI=1S/C30H34FN5O3/c1-18-26(20(3)34(5)32-18)19(2)33(4)28(37)22-10-8-14-35(17-22)25-13-7-12-24-27(25)30(39)36(29(24)38)16-21-9-6-11-23(31)15-21/h6-7,9,11-13,15,19,22H,8,10,14,16-17H2,1-5H3. The number of nitrogens with zero attached hydrogens (tertiary/aromatic N) is 5. The van der Waals surface area contributed by atoms with Crippen LogP contribution in [0.1, 0.15) is 69.0 Å². The molecule has 8 nitrogen and oxygen atoms in total. The van der Waals surface area contributed by atoms with Gasteiger partial charge < -0.3 is 9.80 Å². The minimum atomic E-state index is -0.415. The second-order valence-electron chi connectivity index (χ2n) is 10.6. The number of benzene rings is 2. The molecule has 3 heterocycles. The van der Waals surface area contributed by atoms with Crippen LogP contribution >= 0.6 is 0 Å². The first-order valence-corrected chi connectivity index (χ1v) is 13.3. The SMILES string of the molecule is Cc1nn(C)c(C)c1C(C)N(C)C(=O)C1CCCN(c2cccc3c2C(=O)N(Cc2cccc(F)c2)C3=O)C1. The summed E-state index contributed by atoms with van der Waals surface area (Å²) in [7, 11) is 3.74. The third-order valence-corrected chi connectivity index (χ3v) is 8.23. The maximum atomic E-state index is 13.7. The van der Waals surface area contributed by atoms with Crippen molar-refractivity contribution in [3.63, 3.8) is 0 Å². The van der Waals surface area contributed by atoms with E-state index in [0.717, 1.165) is 29.8 Å². The van der Waals surface area contributed by atoms with Gasteiger partial charge in [-0.3, -0.25) is 24.0 Å². The molecule has 3 amide bonds. The Morgan fingerprint density at radius 3 is 2.59 bits per heavy atom. The number of hydrogen-bond acceptors (Lipinski definition) is 5. The molecule has 1 aromatic heterocycles. The summed E-state index contributed by atoms with van der Waals surface area (Å²) < 4.78 is 15.6. The van der Waals surface area contributed by atoms with E-state index in [0.29, 0.717) is 35.5 Å². The predicted molar refractivity (Wildman–Crippen MR) is 146 cm³/mol. The molecule has 0 radical (unpaired) electrons. The van der Waals surface area contributed by atoms with Crippen LogP contribution < -0.4 is 4.90 Å². The number of aryl methyl sites for hydroxylation is 2. The van der Waals surface area contributed by atoms with Crippen molar-refractivity contribution in [1.29, 1.82) is 0 Å². The van der Waals surface area contributed by atoms with Crippen LogP contribution in [0.15, 0.2) is 42.5 Å². The van der Waals surface area contributed by atoms with Gasteiger partial charge >= 0.3 is 0 Å². The normalized spacial score (nSPS) is 17.9. The molecule has 0 saturated carbocycles. The molecule has 9 heteroatoms. The number of amides is 3. The van der Waals surface area contributed by atoms with Crippen LogP contribution in [0.2, 0.25) is 0 Å². The third kappa shape index (κ3) is 4.70. The smallest absolute Gasteiger partial charge is 0.263 e. The number of piperidine rings is 1. The molecule has 2 aliphatic rings. The number of imide groups is 1. The minimum Gasteiger partial charge on any atom is -0.370 e. The molecule has 2 atom stereocenters. The first-order chi connectivity index (χ1) is 18.6. The lowest BCUT2D eigenvalue weighted by atomic mass is 9.94. The molecule has 2 unspecified atom stereocenters. The molecule has 5 rings (SSSR count). The van der Waals surface area contributed by atoms with Crippen LogP contribution in [0.4, 0.5) is 10.1 Å². The molecule has 1 saturated heterocycles. The summed E-state index contributed by atoms with van der Waals surface area (Å²) in [4.78, 5) is 45.4. The number of anilines is 1. The van der Waals surface area contributed by atoms with Gasteiger partial charge in [-0.05, 0) is 63.4 Å². The second kappa shape index (κ2) is 10.3. The van der Waals surface area contributed by atoms with Gasteiger partial charge in [0.05, 0.1) is 41.0 Å². The van der Waals surface area contributed by atoms with E-state index in [-0.39, 0.29) is 30.3 Å². The molecule has 204 valence electrons. The summed E-state index contributed by atoms with van der Waals surface area (Å²) in [6.45, 7) is 7.15. The molecule has 2 aromatic carbocycles. The zero-order chi connectivity index (χ0) is 28.0. The highest BCUT2D eigenvalue weighted by Crippen LogP contribution is 2.36. The Labute approximate surface area is 228 Å². The van der Waals surface area contributed by atoms with Crippen molar-refractivity contribution in [3.05, 3.63) is 81.9 Å². The van der Waals surface area contributed by atoms with E-state index in [2.05, 4.69) is 10.00 Å². The average Bonchev–Trinajstić information content (AvgIpc) is 3.33. The number of halogens is 1. The van der Waals surface area contributed by atoms with E-state index in [1.165, 1.54) is 17.0 Å². The fourth-order valence-electron chi connectivity index (χ4n) is 6.01. The van der Waals surface area contributed by atoms with Crippen LogP contribution in [0, 0.1) is 25.6 Å². The Balaban J connectivity index is 1.36. The van der Waals surface area contributed by atoms with Crippen molar-refractivity contribution in [2.45, 2.75) is 46.2 Å². The van der Waals surface area contributed by atoms with Crippen molar-refractivity contribution in [2.75, 3.05) is 25.0 Å². The van der Waals surface area contributed by atoms with Gasteiger partial charge in [0.15, 0.2) is 0 Å². The summed E-state index contributed by atoms with van der Waals surface area (Å²) in [5.41, 5.74) is 4.93. The molecular formula is C30H34FN5O3. The van der Waals surface area contributed by atoms with Gasteiger partial charge in [0.25, 0.3) is 11.8 Å². The number of carbonyl (C=O) groups is 3. The van der Waals surface area contributed by atoms with Crippen LogP contribution in [-0.4, -0.2) is 57.4 Å². The highest BCUT2D eigenvalue weighted by atomic mass is 19.1. The van der Waals surface area contributed by atoms with Gasteiger partial charge in [-0.15, -0.1) is 0 Å². The first kappa shape index (κ1) is 26.6. The summed E-state index contributed by atoms with van der Waals surface area (Å²) in [6.07, 6.45) is 1.55. The lowest BCUT2D eigenvalue weighted by molar-refractivity contribution is -0.136. The molecule has 0 spiro atoms. The Morgan fingerprint density at radius 1 is 1.15 bits per heavy atom. The number of carbonyl (C=O) groups excluding carboxylic acids is 3. The van der Waals surface area contributed by atoms with Crippen molar-refractivity contribution in [3.8, 4) is 0 Å². The first-order valence-electron chi connectivity index (χ1n) is 13.3. The Bertz CT molecular complexity index is 1460. The average molecular weight is 532 g/mol. The monoisotopic (exact) mass is 531 g/mol. The van der Waals surface area contributed by atoms with Crippen LogP contribution in [0.5, 0.6) is 0 Å². The number of aromatic nitrogens is 2. The topological polar surface area (TPSA) is 78.8 Å². The summed E-state index contributed by atoms with van der Waals surface area (Å²) in [6, 6.07) is 11.1. The van der Waals surface area contributed by atoms with Gasteiger partial charge in [0, 0.05) is 38.4 Å². The van der Waals surface area contributed by atoms with Crippen molar-refractivity contribution in [2.24, 2.45) is 13.0 Å². The number of fused-ring (bicyclic) bond motifs is 1. The van der Waals surface area contributed by atoms with E-state index in [1.54, 1.807) is 29.2 Å². The third-order valence-electron chi connectivity index (χ3n) is 8.23. The van der Waals surface area contributed by atoms with Gasteiger partial charge in [-0.1, -0.05) is 18.2 Å². The summed E-state index contributed by atoms with van der Waals surface area (Å²) in [5, 5.41) is 4.51. The maximum Gasteiger partial charge on any atom is 0.263 e. The van der Waals surface area contributed by atoms with Gasteiger partial charge in [0.1, 0.15) is 5.82 Å². The fraction of sp³-hybridized carbons (Fsp3) is 0.400. The number of hydrogen-bond donors (Lipinski definition) is 0. The Kier molecular flexibility index (Phi) is 7.01. The summed E-state index contributed by atoms with van der Waals surface area (Å²) >= 11 is 0. The molecule has 3 aromatic rings. The molecule has 0 aliphatic carbocycles. The van der Waals surface area contributed by atoms with Gasteiger partial charge in [-0.25, -0.2) is 4.39 Å². The quantitative estimate of drug-likeness (QED) is 0.441. The lowest BCUT2D eigenvalue weighted by Gasteiger charge is -2.37. The highest BCUT2D eigenvalue weighted by Gasteiger charge is 2.40. The van der Waals surface area contributed by atoms with Crippen molar-refractivity contribution < 1.29 is 18.8 Å². The molecule has 39 heavy (non-hydrogen) atoms. The Hall–Kier alpha value is -4.01. The van der Waals surface area contributed by atoms with Gasteiger partial charge in [0.2, 0.25) is 5.91 Å². The fourth-order valence-corrected chi connectivity index (χ4v) is 6.01. The lowest BCUT2D eigenvalue weighted by Crippen LogP contribution is -2.45. The Morgan fingerprint density at radius 2 is 1.90 bits per heavy atom. The molecule has 0 bridgehead atoms. The van der Waals surface area contributed by atoms with Crippen LogP contribution in [0.25, 0.3) is 0 Å². The van der Waals surface area contributed by atoms with E-state index < -0.39 is 11.7 Å².